The van der Waals surface area contributed by atoms with Gasteiger partial charge in [0.25, 0.3) is 0 Å². The highest BCUT2D eigenvalue weighted by atomic mass is 35.5. The van der Waals surface area contributed by atoms with Crippen molar-refractivity contribution in [1.29, 1.82) is 0 Å². The molecule has 80 valence electrons. The third-order valence-corrected chi connectivity index (χ3v) is 3.63. The maximum absolute atomic E-state index is 10.7. The molecule has 1 aliphatic rings. The fraction of sp³-hybridized carbons (Fsp3) is 0.462. The van der Waals surface area contributed by atoms with E-state index >= 15 is 0 Å². The third-order valence-electron chi connectivity index (χ3n) is 3.39. The number of carbonyl (C=O) groups is 1. The Bertz CT molecular complexity index is 373. The molecule has 0 heterocycles. The number of rotatable bonds is 2. The van der Waals surface area contributed by atoms with Crippen LogP contribution in [-0.4, -0.2) is 6.29 Å². The number of carbonyl (C=O) groups excluding carboxylic acids is 1. The van der Waals surface area contributed by atoms with Gasteiger partial charge in [-0.1, -0.05) is 24.6 Å². The molecular formula is C13H15ClO. The lowest BCUT2D eigenvalue weighted by atomic mass is 9.78. The van der Waals surface area contributed by atoms with Crippen molar-refractivity contribution in [3.05, 3.63) is 34.3 Å². The summed E-state index contributed by atoms with van der Waals surface area (Å²) in [6, 6.07) is 6.09. The summed E-state index contributed by atoms with van der Waals surface area (Å²) < 4.78 is 0. The molecule has 0 fully saturated rings. The SMILES string of the molecule is CC(C=O)C1CCc2cc(Cl)ccc2C1. The van der Waals surface area contributed by atoms with Gasteiger partial charge in [-0.2, -0.15) is 0 Å². The van der Waals surface area contributed by atoms with Gasteiger partial charge in [0.2, 0.25) is 0 Å². The van der Waals surface area contributed by atoms with Crippen molar-refractivity contribution < 1.29 is 4.79 Å². The molecule has 0 amide bonds. The molecule has 2 rings (SSSR count). The standard InChI is InChI=1S/C13H15ClO/c1-9(8-15)10-2-3-12-7-13(14)5-4-11(12)6-10/h4-5,7-10H,2-3,6H2,1H3. The Labute approximate surface area is 95.4 Å². The van der Waals surface area contributed by atoms with E-state index in [1.807, 2.05) is 13.0 Å². The van der Waals surface area contributed by atoms with Crippen LogP contribution in [0.2, 0.25) is 5.02 Å². The van der Waals surface area contributed by atoms with E-state index in [2.05, 4.69) is 12.1 Å². The first-order valence-electron chi connectivity index (χ1n) is 5.43. The second-order valence-electron chi connectivity index (χ2n) is 4.41. The summed E-state index contributed by atoms with van der Waals surface area (Å²) in [5.74, 6) is 0.685. The Morgan fingerprint density at radius 3 is 3.00 bits per heavy atom. The van der Waals surface area contributed by atoms with E-state index in [1.54, 1.807) is 0 Å². The topological polar surface area (TPSA) is 17.1 Å². The van der Waals surface area contributed by atoms with Crippen LogP contribution in [0.15, 0.2) is 18.2 Å². The van der Waals surface area contributed by atoms with Gasteiger partial charge in [-0.05, 0) is 48.4 Å². The maximum atomic E-state index is 10.7. The first-order chi connectivity index (χ1) is 7.20. The average molecular weight is 223 g/mol. The van der Waals surface area contributed by atoms with Gasteiger partial charge < -0.3 is 4.79 Å². The van der Waals surface area contributed by atoms with E-state index < -0.39 is 0 Å². The number of halogens is 1. The molecule has 0 N–H and O–H groups in total. The van der Waals surface area contributed by atoms with Gasteiger partial charge in [0, 0.05) is 10.9 Å². The largest absolute Gasteiger partial charge is 0.303 e. The minimum Gasteiger partial charge on any atom is -0.303 e. The first kappa shape index (κ1) is 10.7. The number of hydrogen-bond donors (Lipinski definition) is 0. The van der Waals surface area contributed by atoms with Crippen molar-refractivity contribution in [1.82, 2.24) is 0 Å². The van der Waals surface area contributed by atoms with Gasteiger partial charge in [-0.15, -0.1) is 0 Å². The van der Waals surface area contributed by atoms with E-state index in [0.717, 1.165) is 30.6 Å². The quantitative estimate of drug-likeness (QED) is 0.702. The maximum Gasteiger partial charge on any atom is 0.123 e. The van der Waals surface area contributed by atoms with E-state index in [-0.39, 0.29) is 5.92 Å². The Morgan fingerprint density at radius 1 is 1.47 bits per heavy atom. The Morgan fingerprint density at radius 2 is 2.27 bits per heavy atom. The highest BCUT2D eigenvalue weighted by Crippen LogP contribution is 2.30. The van der Waals surface area contributed by atoms with Crippen molar-refractivity contribution in [3.8, 4) is 0 Å². The summed E-state index contributed by atoms with van der Waals surface area (Å²) in [6.45, 7) is 2.01. The summed E-state index contributed by atoms with van der Waals surface area (Å²) in [7, 11) is 0. The van der Waals surface area contributed by atoms with Gasteiger partial charge in [-0.3, -0.25) is 0 Å². The van der Waals surface area contributed by atoms with Crippen molar-refractivity contribution in [2.24, 2.45) is 11.8 Å². The van der Waals surface area contributed by atoms with Crippen molar-refractivity contribution in [2.45, 2.75) is 26.2 Å². The number of benzene rings is 1. The predicted octanol–water partition coefficient (Wildman–Crippen LogP) is 3.28. The van der Waals surface area contributed by atoms with Crippen molar-refractivity contribution >= 4 is 17.9 Å². The van der Waals surface area contributed by atoms with Gasteiger partial charge in [0.15, 0.2) is 0 Å². The Hall–Kier alpha value is -0.820. The fourth-order valence-corrected chi connectivity index (χ4v) is 2.51. The van der Waals surface area contributed by atoms with Crippen LogP contribution in [0.4, 0.5) is 0 Å². The lowest BCUT2D eigenvalue weighted by molar-refractivity contribution is -0.112. The van der Waals surface area contributed by atoms with E-state index in [1.165, 1.54) is 11.1 Å². The van der Waals surface area contributed by atoms with Crippen LogP contribution >= 0.6 is 11.6 Å². The zero-order valence-electron chi connectivity index (χ0n) is 8.87. The number of hydrogen-bond acceptors (Lipinski definition) is 1. The summed E-state index contributed by atoms with van der Waals surface area (Å²) >= 11 is 5.95. The molecule has 1 aliphatic carbocycles. The van der Waals surface area contributed by atoms with E-state index in [4.69, 9.17) is 11.6 Å². The van der Waals surface area contributed by atoms with E-state index in [0.29, 0.717) is 5.92 Å². The molecule has 0 aromatic heterocycles. The molecule has 2 unspecified atom stereocenters. The monoisotopic (exact) mass is 222 g/mol. The van der Waals surface area contributed by atoms with Crippen LogP contribution in [0, 0.1) is 11.8 Å². The van der Waals surface area contributed by atoms with Crippen LogP contribution in [0.1, 0.15) is 24.5 Å². The van der Waals surface area contributed by atoms with Crippen LogP contribution in [-0.2, 0) is 17.6 Å². The molecule has 0 saturated carbocycles. The predicted molar refractivity (Wildman–Crippen MR) is 62.2 cm³/mol. The summed E-state index contributed by atoms with van der Waals surface area (Å²) in [5, 5.41) is 0.815. The molecule has 1 aromatic rings. The average Bonchev–Trinajstić information content (AvgIpc) is 2.27. The Balaban J connectivity index is 2.20. The third kappa shape index (κ3) is 2.23. The second-order valence-corrected chi connectivity index (χ2v) is 4.85. The molecule has 2 heteroatoms. The molecule has 0 radical (unpaired) electrons. The molecular weight excluding hydrogens is 208 g/mol. The summed E-state index contributed by atoms with van der Waals surface area (Å²) in [4.78, 5) is 10.7. The van der Waals surface area contributed by atoms with Gasteiger partial charge in [0.1, 0.15) is 6.29 Å². The number of fused-ring (bicyclic) bond motifs is 1. The Kier molecular flexibility index (Phi) is 3.11. The second kappa shape index (κ2) is 4.36. The zero-order valence-corrected chi connectivity index (χ0v) is 9.63. The zero-order chi connectivity index (χ0) is 10.8. The van der Waals surface area contributed by atoms with Crippen molar-refractivity contribution in [3.63, 3.8) is 0 Å². The lowest BCUT2D eigenvalue weighted by Crippen LogP contribution is -2.21. The lowest BCUT2D eigenvalue weighted by Gasteiger charge is -2.26. The molecule has 1 nitrogen and oxygen atoms in total. The number of aldehydes is 1. The smallest absolute Gasteiger partial charge is 0.123 e. The van der Waals surface area contributed by atoms with Crippen LogP contribution in [0.3, 0.4) is 0 Å². The minimum atomic E-state index is 0.175. The van der Waals surface area contributed by atoms with Crippen LogP contribution in [0.5, 0.6) is 0 Å². The van der Waals surface area contributed by atoms with Crippen LogP contribution in [0.25, 0.3) is 0 Å². The molecule has 0 bridgehead atoms. The van der Waals surface area contributed by atoms with Crippen molar-refractivity contribution in [2.75, 3.05) is 0 Å². The normalized spacial score (nSPS) is 21.9. The highest BCUT2D eigenvalue weighted by molar-refractivity contribution is 6.30. The summed E-state index contributed by atoms with van der Waals surface area (Å²) in [5.41, 5.74) is 2.72. The number of aryl methyl sites for hydroxylation is 1. The molecule has 1 aromatic carbocycles. The molecule has 0 aliphatic heterocycles. The molecule has 15 heavy (non-hydrogen) atoms. The van der Waals surface area contributed by atoms with Gasteiger partial charge in [-0.25, -0.2) is 0 Å². The highest BCUT2D eigenvalue weighted by Gasteiger charge is 2.23. The first-order valence-corrected chi connectivity index (χ1v) is 5.81. The van der Waals surface area contributed by atoms with E-state index in [9.17, 15) is 4.79 Å². The summed E-state index contributed by atoms with van der Waals surface area (Å²) in [6.07, 6.45) is 4.25. The van der Waals surface area contributed by atoms with Gasteiger partial charge in [0.05, 0.1) is 0 Å². The molecule has 0 saturated heterocycles. The van der Waals surface area contributed by atoms with Crippen LogP contribution < -0.4 is 0 Å². The minimum absolute atomic E-state index is 0.175. The molecule has 0 spiro atoms. The molecule has 2 atom stereocenters. The fourth-order valence-electron chi connectivity index (χ4n) is 2.31. The van der Waals surface area contributed by atoms with Gasteiger partial charge >= 0.3 is 0 Å².